The minimum atomic E-state index is -0.0291. The Morgan fingerprint density at radius 3 is 2.00 bits per heavy atom. The lowest BCUT2D eigenvalue weighted by Crippen LogP contribution is -2.11. The highest BCUT2D eigenvalue weighted by Gasteiger charge is 2.19. The first-order chi connectivity index (χ1) is 8.33. The van der Waals surface area contributed by atoms with E-state index in [2.05, 4.69) is 6.92 Å². The van der Waals surface area contributed by atoms with Crippen LogP contribution >= 0.6 is 0 Å². The van der Waals surface area contributed by atoms with Gasteiger partial charge in [0.1, 0.15) is 0 Å². The molecule has 0 saturated carbocycles. The van der Waals surface area contributed by atoms with Crippen LogP contribution in [0.25, 0.3) is 0 Å². The molecule has 0 saturated heterocycles. The minimum absolute atomic E-state index is 0.0291. The molecule has 0 aliphatic heterocycles. The van der Waals surface area contributed by atoms with Gasteiger partial charge in [-0.05, 0) is 12.0 Å². The van der Waals surface area contributed by atoms with Gasteiger partial charge in [-0.3, -0.25) is 4.79 Å². The zero-order chi connectivity index (χ0) is 12.1. The van der Waals surface area contributed by atoms with E-state index in [1.807, 2.05) is 60.7 Å². The van der Waals surface area contributed by atoms with E-state index < -0.39 is 0 Å². The van der Waals surface area contributed by atoms with Gasteiger partial charge in [-0.15, -0.1) is 0 Å². The van der Waals surface area contributed by atoms with Crippen LogP contribution in [0.1, 0.15) is 35.2 Å². The number of hydrogen-bond acceptors (Lipinski definition) is 1. The number of ketones is 1. The van der Waals surface area contributed by atoms with Crippen LogP contribution in [-0.4, -0.2) is 5.78 Å². The van der Waals surface area contributed by atoms with Gasteiger partial charge < -0.3 is 0 Å². The van der Waals surface area contributed by atoms with Crippen molar-refractivity contribution in [3.63, 3.8) is 0 Å². The molecule has 0 aliphatic carbocycles. The molecule has 2 aromatic rings. The zero-order valence-corrected chi connectivity index (χ0v) is 9.97. The number of rotatable bonds is 4. The Hall–Kier alpha value is -1.89. The van der Waals surface area contributed by atoms with Crippen molar-refractivity contribution in [2.24, 2.45) is 0 Å². The summed E-state index contributed by atoms with van der Waals surface area (Å²) in [6, 6.07) is 19.5. The van der Waals surface area contributed by atoms with E-state index in [0.29, 0.717) is 0 Å². The maximum Gasteiger partial charge on any atom is 0.170 e. The number of benzene rings is 2. The van der Waals surface area contributed by atoms with Crippen molar-refractivity contribution in [2.75, 3.05) is 0 Å². The Balaban J connectivity index is 2.29. The lowest BCUT2D eigenvalue weighted by atomic mass is 9.89. The number of carbonyl (C=O) groups excluding carboxylic acids is 1. The van der Waals surface area contributed by atoms with Crippen molar-refractivity contribution in [1.82, 2.24) is 0 Å². The maximum atomic E-state index is 12.4. The smallest absolute Gasteiger partial charge is 0.170 e. The molecule has 1 nitrogen and oxygen atoms in total. The molecule has 2 rings (SSSR count). The fourth-order valence-electron chi connectivity index (χ4n) is 2.06. The van der Waals surface area contributed by atoms with Crippen molar-refractivity contribution in [2.45, 2.75) is 19.3 Å². The fourth-order valence-corrected chi connectivity index (χ4v) is 2.06. The van der Waals surface area contributed by atoms with Gasteiger partial charge in [-0.2, -0.15) is 0 Å². The van der Waals surface area contributed by atoms with Crippen LogP contribution in [0.5, 0.6) is 0 Å². The van der Waals surface area contributed by atoms with Crippen molar-refractivity contribution in [3.8, 4) is 0 Å². The molecule has 0 amide bonds. The summed E-state index contributed by atoms with van der Waals surface area (Å²) in [4.78, 5) is 12.4. The third-order valence-electron chi connectivity index (χ3n) is 2.98. The first-order valence-corrected chi connectivity index (χ1v) is 5.97. The predicted octanol–water partition coefficient (Wildman–Crippen LogP) is 4.06. The van der Waals surface area contributed by atoms with Crippen LogP contribution in [0.15, 0.2) is 60.7 Å². The molecule has 0 N–H and O–H groups in total. The van der Waals surface area contributed by atoms with Gasteiger partial charge in [-0.1, -0.05) is 67.6 Å². The summed E-state index contributed by atoms with van der Waals surface area (Å²) in [5, 5.41) is 0. The summed E-state index contributed by atoms with van der Waals surface area (Å²) in [5.41, 5.74) is 1.90. The van der Waals surface area contributed by atoms with E-state index in [0.717, 1.165) is 17.5 Å². The second kappa shape index (κ2) is 5.44. The SMILES string of the molecule is CC[C@@H](C(=O)c1ccccc1)c1ccccc1. The van der Waals surface area contributed by atoms with Gasteiger partial charge in [0.2, 0.25) is 0 Å². The summed E-state index contributed by atoms with van der Waals surface area (Å²) >= 11 is 0. The zero-order valence-electron chi connectivity index (χ0n) is 9.97. The molecule has 2 aromatic carbocycles. The molecule has 0 radical (unpaired) electrons. The van der Waals surface area contributed by atoms with Crippen molar-refractivity contribution in [3.05, 3.63) is 71.8 Å². The van der Waals surface area contributed by atoms with Gasteiger partial charge in [-0.25, -0.2) is 0 Å². The van der Waals surface area contributed by atoms with E-state index in [1.54, 1.807) is 0 Å². The first-order valence-electron chi connectivity index (χ1n) is 5.97. The lowest BCUT2D eigenvalue weighted by Gasteiger charge is -2.14. The minimum Gasteiger partial charge on any atom is -0.293 e. The van der Waals surface area contributed by atoms with Gasteiger partial charge in [0.15, 0.2) is 5.78 Å². The Morgan fingerprint density at radius 1 is 0.941 bits per heavy atom. The van der Waals surface area contributed by atoms with Crippen LogP contribution in [0, 0.1) is 0 Å². The average Bonchev–Trinajstić information content (AvgIpc) is 2.42. The second-order valence-electron chi connectivity index (χ2n) is 4.10. The highest BCUT2D eigenvalue weighted by Crippen LogP contribution is 2.23. The number of Topliss-reactive ketones (excluding diaryl/α,β-unsaturated/α-hetero) is 1. The van der Waals surface area contributed by atoms with Crippen LogP contribution in [0.2, 0.25) is 0 Å². The Morgan fingerprint density at radius 2 is 1.47 bits per heavy atom. The topological polar surface area (TPSA) is 17.1 Å². The van der Waals surface area contributed by atoms with Crippen molar-refractivity contribution in [1.29, 1.82) is 0 Å². The Kier molecular flexibility index (Phi) is 3.71. The number of hydrogen-bond donors (Lipinski definition) is 0. The molecule has 0 heterocycles. The van der Waals surface area contributed by atoms with Crippen LogP contribution in [0.4, 0.5) is 0 Å². The van der Waals surface area contributed by atoms with E-state index in [-0.39, 0.29) is 11.7 Å². The summed E-state index contributed by atoms with van der Waals surface area (Å²) in [6.07, 6.45) is 0.831. The molecule has 0 aliphatic rings. The van der Waals surface area contributed by atoms with E-state index in [9.17, 15) is 4.79 Å². The summed E-state index contributed by atoms with van der Waals surface area (Å²) in [5.74, 6) is 0.179. The van der Waals surface area contributed by atoms with Gasteiger partial charge >= 0.3 is 0 Å². The molecule has 0 aromatic heterocycles. The molecule has 0 spiro atoms. The summed E-state index contributed by atoms with van der Waals surface area (Å²) in [7, 11) is 0. The molecule has 1 atom stereocenters. The maximum absolute atomic E-state index is 12.4. The molecule has 0 fully saturated rings. The van der Waals surface area contributed by atoms with Crippen LogP contribution in [0.3, 0.4) is 0 Å². The highest BCUT2D eigenvalue weighted by molar-refractivity contribution is 6.00. The molecular formula is C16H16O. The average molecular weight is 224 g/mol. The van der Waals surface area contributed by atoms with E-state index >= 15 is 0 Å². The predicted molar refractivity (Wildman–Crippen MR) is 70.2 cm³/mol. The van der Waals surface area contributed by atoms with E-state index in [4.69, 9.17) is 0 Å². The summed E-state index contributed by atoms with van der Waals surface area (Å²) in [6.45, 7) is 2.05. The van der Waals surface area contributed by atoms with Crippen molar-refractivity contribution < 1.29 is 4.79 Å². The third-order valence-corrected chi connectivity index (χ3v) is 2.98. The largest absolute Gasteiger partial charge is 0.293 e. The van der Waals surface area contributed by atoms with Gasteiger partial charge in [0.05, 0.1) is 0 Å². The second-order valence-corrected chi connectivity index (χ2v) is 4.10. The molecular weight excluding hydrogens is 208 g/mol. The van der Waals surface area contributed by atoms with E-state index in [1.165, 1.54) is 0 Å². The lowest BCUT2D eigenvalue weighted by molar-refractivity contribution is 0.0957. The Labute approximate surface area is 102 Å². The van der Waals surface area contributed by atoms with Gasteiger partial charge in [0.25, 0.3) is 0 Å². The quantitative estimate of drug-likeness (QED) is 0.716. The molecule has 1 heteroatoms. The molecule has 0 bridgehead atoms. The number of carbonyl (C=O) groups is 1. The third kappa shape index (κ3) is 2.62. The van der Waals surface area contributed by atoms with Crippen LogP contribution < -0.4 is 0 Å². The monoisotopic (exact) mass is 224 g/mol. The molecule has 17 heavy (non-hydrogen) atoms. The standard InChI is InChI=1S/C16H16O/c1-2-15(13-9-5-3-6-10-13)16(17)14-11-7-4-8-12-14/h3-12,15H,2H2,1H3/t15-/m1/s1. The Bertz CT molecular complexity index is 473. The fraction of sp³-hybridized carbons (Fsp3) is 0.188. The van der Waals surface area contributed by atoms with Gasteiger partial charge in [0, 0.05) is 11.5 Å². The summed E-state index contributed by atoms with van der Waals surface area (Å²) < 4.78 is 0. The normalized spacial score (nSPS) is 12.1. The molecule has 0 unspecified atom stereocenters. The molecule has 86 valence electrons. The van der Waals surface area contributed by atoms with Crippen molar-refractivity contribution >= 4 is 5.78 Å². The first kappa shape index (κ1) is 11.6. The van der Waals surface area contributed by atoms with Crippen LogP contribution in [-0.2, 0) is 0 Å². The highest BCUT2D eigenvalue weighted by atomic mass is 16.1.